The fourth-order valence-electron chi connectivity index (χ4n) is 1.51. The van der Waals surface area contributed by atoms with Gasteiger partial charge in [0.1, 0.15) is 0 Å². The molecule has 0 saturated carbocycles. The molecule has 0 aliphatic carbocycles. The maximum absolute atomic E-state index is 13.3. The van der Waals surface area contributed by atoms with Gasteiger partial charge in [0, 0.05) is 0 Å². The SMILES string of the molecule is O=C(O)C(F)(F)C(F)(F)O/C(F)=C(\F)OC(F)(F)C(F)(F)C(F)(F)C(F)(F)C(F)(F)C(F)(F)C(F)(F)F. The van der Waals surface area contributed by atoms with E-state index in [0.29, 0.717) is 0 Å². The molecule has 0 rings (SSSR count). The molecule has 0 unspecified atom stereocenters. The van der Waals surface area contributed by atoms with Crippen LogP contribution in [0, 0.1) is 0 Å². The van der Waals surface area contributed by atoms with Crippen LogP contribution in [-0.4, -0.2) is 65.0 Å². The number of carboxylic acids is 1. The third kappa shape index (κ3) is 5.07. The van der Waals surface area contributed by atoms with Crippen LogP contribution in [0.3, 0.4) is 0 Å². The van der Waals surface area contributed by atoms with Gasteiger partial charge >= 0.3 is 71.9 Å². The summed E-state index contributed by atoms with van der Waals surface area (Å²) in [6.07, 6.45) is -22.8. The summed E-state index contributed by atoms with van der Waals surface area (Å²) < 4.78 is 272. The lowest BCUT2D eigenvalue weighted by molar-refractivity contribution is -0.471. The second-order valence-electron chi connectivity index (χ2n) is 6.03. The molecule has 0 aromatic heterocycles. The number of hydrogen-bond acceptors (Lipinski definition) is 3. The highest BCUT2D eigenvalue weighted by Gasteiger charge is 2.94. The molecular formula is C12HF21O4. The largest absolute Gasteiger partial charge is 0.478 e. The minimum Gasteiger partial charge on any atom is -0.477 e. The summed E-state index contributed by atoms with van der Waals surface area (Å²) in [4.78, 5) is 9.87. The van der Waals surface area contributed by atoms with Crippen LogP contribution in [0.15, 0.2) is 12.0 Å². The van der Waals surface area contributed by atoms with E-state index in [0.717, 1.165) is 0 Å². The van der Waals surface area contributed by atoms with Gasteiger partial charge in [0.05, 0.1) is 0 Å². The molecule has 0 aliphatic heterocycles. The molecule has 1 N–H and O–H groups in total. The van der Waals surface area contributed by atoms with E-state index in [1.165, 1.54) is 0 Å². The number of rotatable bonds is 11. The first-order valence-corrected chi connectivity index (χ1v) is 7.46. The highest BCUT2D eigenvalue weighted by molar-refractivity contribution is 5.76. The molecule has 0 saturated heterocycles. The van der Waals surface area contributed by atoms with Crippen LogP contribution in [0.1, 0.15) is 0 Å². The number of hydrogen-bond donors (Lipinski definition) is 1. The smallest absolute Gasteiger partial charge is 0.477 e. The maximum atomic E-state index is 13.3. The van der Waals surface area contributed by atoms with Gasteiger partial charge in [-0.05, 0) is 0 Å². The molecular weight excluding hydrogens is 607 g/mol. The van der Waals surface area contributed by atoms with E-state index in [-0.39, 0.29) is 0 Å². The number of aliphatic carboxylic acids is 1. The molecule has 0 aliphatic rings. The molecule has 4 nitrogen and oxygen atoms in total. The van der Waals surface area contributed by atoms with Crippen LogP contribution in [0.4, 0.5) is 92.2 Å². The Morgan fingerprint density at radius 3 is 1.03 bits per heavy atom. The lowest BCUT2D eigenvalue weighted by Gasteiger charge is -2.40. The second-order valence-corrected chi connectivity index (χ2v) is 6.03. The van der Waals surface area contributed by atoms with Crippen LogP contribution >= 0.6 is 0 Å². The highest BCUT2D eigenvalue weighted by atomic mass is 19.4. The van der Waals surface area contributed by atoms with Crippen molar-refractivity contribution in [3.8, 4) is 0 Å². The zero-order valence-electron chi connectivity index (χ0n) is 15.6. The molecule has 0 atom stereocenters. The first kappa shape index (κ1) is 34.3. The third-order valence-electron chi connectivity index (χ3n) is 3.52. The molecule has 0 fully saturated rings. The summed E-state index contributed by atoms with van der Waals surface area (Å²) in [6, 6.07) is -9.08. The molecule has 0 spiro atoms. The van der Waals surface area contributed by atoms with Crippen molar-refractivity contribution in [2.45, 2.75) is 53.9 Å². The predicted octanol–water partition coefficient (Wildman–Crippen LogP) is 6.73. The summed E-state index contributed by atoms with van der Waals surface area (Å²) in [7, 11) is 0. The lowest BCUT2D eigenvalue weighted by atomic mass is 9.93. The Morgan fingerprint density at radius 2 is 0.730 bits per heavy atom. The molecule has 0 aromatic rings. The van der Waals surface area contributed by atoms with Crippen LogP contribution in [-0.2, 0) is 14.3 Å². The first-order valence-electron chi connectivity index (χ1n) is 7.46. The van der Waals surface area contributed by atoms with Gasteiger partial charge in [-0.3, -0.25) is 0 Å². The molecule has 0 aromatic carbocycles. The normalized spacial score (nSPS) is 16.4. The van der Waals surface area contributed by atoms with E-state index in [1.54, 1.807) is 4.74 Å². The van der Waals surface area contributed by atoms with Gasteiger partial charge in [-0.15, -0.1) is 0 Å². The van der Waals surface area contributed by atoms with Crippen molar-refractivity contribution in [2.75, 3.05) is 0 Å². The van der Waals surface area contributed by atoms with Crippen molar-refractivity contribution in [1.29, 1.82) is 0 Å². The molecule has 0 bridgehead atoms. The minimum absolute atomic E-state index is 1.57. The number of alkyl halides is 19. The Balaban J connectivity index is 6.52. The summed E-state index contributed by atoms with van der Waals surface area (Å²) in [5.41, 5.74) is 0. The van der Waals surface area contributed by atoms with Gasteiger partial charge in [-0.1, -0.05) is 0 Å². The third-order valence-corrected chi connectivity index (χ3v) is 3.52. The first-order chi connectivity index (χ1) is 15.7. The van der Waals surface area contributed by atoms with E-state index >= 15 is 0 Å². The summed E-state index contributed by atoms with van der Waals surface area (Å²) in [5, 5.41) is 7.73. The van der Waals surface area contributed by atoms with Gasteiger partial charge < -0.3 is 14.6 Å². The van der Waals surface area contributed by atoms with Crippen LogP contribution in [0.5, 0.6) is 0 Å². The van der Waals surface area contributed by atoms with Crippen molar-refractivity contribution >= 4 is 5.97 Å². The Morgan fingerprint density at radius 1 is 0.459 bits per heavy atom. The van der Waals surface area contributed by atoms with E-state index in [9.17, 15) is 97.0 Å². The topological polar surface area (TPSA) is 55.8 Å². The second kappa shape index (κ2) is 8.97. The molecule has 0 heterocycles. The van der Waals surface area contributed by atoms with E-state index < -0.39 is 71.9 Å². The highest BCUT2D eigenvalue weighted by Crippen LogP contribution is 2.62. The monoisotopic (exact) mass is 608 g/mol. The van der Waals surface area contributed by atoms with Gasteiger partial charge in [-0.2, -0.15) is 92.2 Å². The predicted molar refractivity (Wildman–Crippen MR) is 64.7 cm³/mol. The van der Waals surface area contributed by atoms with Crippen molar-refractivity contribution in [3.05, 3.63) is 12.0 Å². The number of halogens is 21. The van der Waals surface area contributed by atoms with Crippen molar-refractivity contribution in [3.63, 3.8) is 0 Å². The quantitative estimate of drug-likeness (QED) is 0.209. The van der Waals surface area contributed by atoms with E-state index in [1.807, 2.05) is 4.74 Å². The molecule has 0 radical (unpaired) electrons. The number of ether oxygens (including phenoxy) is 2. The average Bonchev–Trinajstić information content (AvgIpc) is 2.65. The molecule has 220 valence electrons. The Labute approximate surface area is 185 Å². The summed E-state index contributed by atoms with van der Waals surface area (Å²) >= 11 is 0. The van der Waals surface area contributed by atoms with Gasteiger partial charge in [0.25, 0.3) is 0 Å². The fourth-order valence-corrected chi connectivity index (χ4v) is 1.51. The number of carbonyl (C=O) groups is 1. The Hall–Kier alpha value is -2.66. The molecule has 0 amide bonds. The summed E-state index contributed by atoms with van der Waals surface area (Å²) in [5.74, 6) is -53.9. The lowest BCUT2D eigenvalue weighted by Crippen LogP contribution is -2.72. The van der Waals surface area contributed by atoms with Gasteiger partial charge in [0.15, 0.2) is 0 Å². The standard InChI is InChI=1S/C12HF21O4/c13-1(36-11(30,31)4(15,16)3(34)35)2(14)37-12(32,33)9(25,26)7(21,22)5(17,18)6(19,20)8(23,24)10(27,28)29/h(H,34,35)/b2-1+. The minimum atomic E-state index is -8.87. The van der Waals surface area contributed by atoms with E-state index in [4.69, 9.17) is 5.11 Å². The van der Waals surface area contributed by atoms with Gasteiger partial charge in [-0.25, -0.2) is 4.79 Å². The molecule has 25 heteroatoms. The average molecular weight is 608 g/mol. The molecule has 37 heavy (non-hydrogen) atoms. The number of carboxylic acid groups (broad SMARTS) is 1. The fraction of sp³-hybridized carbons (Fsp3) is 0.750. The summed E-state index contributed by atoms with van der Waals surface area (Å²) in [6.45, 7) is 0. The zero-order chi connectivity index (χ0) is 30.6. The Kier molecular flexibility index (Phi) is 8.33. The van der Waals surface area contributed by atoms with Crippen LogP contribution in [0.25, 0.3) is 0 Å². The van der Waals surface area contributed by atoms with Crippen LogP contribution < -0.4 is 0 Å². The zero-order valence-corrected chi connectivity index (χ0v) is 15.6. The maximum Gasteiger partial charge on any atom is 0.478 e. The van der Waals surface area contributed by atoms with E-state index in [2.05, 4.69) is 0 Å². The van der Waals surface area contributed by atoms with Crippen molar-refractivity contribution in [1.82, 2.24) is 0 Å². The van der Waals surface area contributed by atoms with Gasteiger partial charge in [0.2, 0.25) is 0 Å². The van der Waals surface area contributed by atoms with Crippen LogP contribution in [0.2, 0.25) is 0 Å². The van der Waals surface area contributed by atoms with Crippen molar-refractivity contribution in [2.24, 2.45) is 0 Å². The Bertz CT molecular complexity index is 900. The van der Waals surface area contributed by atoms with Crippen molar-refractivity contribution < 1.29 is 112 Å².